The topological polar surface area (TPSA) is 93.6 Å². The Bertz CT molecular complexity index is 1210. The molecule has 3 fully saturated rings. The molecule has 0 spiro atoms. The van der Waals surface area contributed by atoms with Crippen LogP contribution >= 0.6 is 23.3 Å². The first-order valence-corrected chi connectivity index (χ1v) is 14.0. The van der Waals surface area contributed by atoms with Crippen LogP contribution in [0.3, 0.4) is 0 Å². The van der Waals surface area contributed by atoms with Crippen molar-refractivity contribution >= 4 is 40.2 Å². The highest BCUT2D eigenvalue weighted by molar-refractivity contribution is 8.13. The average molecular weight is 556 g/mol. The maximum absolute atomic E-state index is 17.4. The number of carbonyl (C=O) groups excluding carboxylic acids is 3. The fraction of sp³-hybridized carbons (Fsp3) is 0.615. The highest BCUT2D eigenvalue weighted by atomic mass is 32.2. The van der Waals surface area contributed by atoms with Crippen LogP contribution in [0.5, 0.6) is 0 Å². The Kier molecular flexibility index (Phi) is 6.31. The number of nitrogens with zero attached hydrogens (tertiary/aromatic N) is 1. The standard InChI is InChI=1S/C26H28F3NO5S2/c1-13-8-15-16-10-18(28)17-9-14(31)4-6-23(17,2)25(16,29)20(32)11-24(15,3)26(13,22(34)36-12-27)35-21(33)19-5-7-37-30-19/h4-7,9,13,15-16,18,20,32H,8,10-12H2,1-3H3/t13?,15-,16-,18?,20?,23-,24-,25?,26?/m0/s1. The van der Waals surface area contributed by atoms with Crippen molar-refractivity contribution in [1.82, 2.24) is 4.37 Å². The van der Waals surface area contributed by atoms with E-state index in [1.165, 1.54) is 25.1 Å². The lowest BCUT2D eigenvalue weighted by Gasteiger charge is -2.63. The summed E-state index contributed by atoms with van der Waals surface area (Å²) in [5.41, 5.74) is -7.14. The number of alkyl halides is 3. The van der Waals surface area contributed by atoms with Crippen molar-refractivity contribution in [2.45, 2.75) is 63.6 Å². The molecular formula is C26H28F3NO5S2. The second kappa shape index (κ2) is 8.77. The number of ketones is 1. The van der Waals surface area contributed by atoms with E-state index in [-0.39, 0.29) is 30.5 Å². The molecule has 1 N–H and O–H groups in total. The minimum absolute atomic E-state index is 0.00210. The van der Waals surface area contributed by atoms with E-state index in [0.717, 1.165) is 17.6 Å². The number of aliphatic hydroxyl groups is 1. The molecule has 5 unspecified atom stereocenters. The van der Waals surface area contributed by atoms with Gasteiger partial charge < -0.3 is 9.84 Å². The SMILES string of the molecule is CC1C[C@H]2[C@@H]3CC(F)C4=CC(=O)C=C[C@]4(C)C3(F)C(O)C[C@]2(C)C1(OC(=O)c1ccsn1)C(=O)SCF. The van der Waals surface area contributed by atoms with Gasteiger partial charge in [-0.25, -0.2) is 18.0 Å². The number of fused-ring (bicyclic) bond motifs is 5. The minimum atomic E-state index is -2.34. The van der Waals surface area contributed by atoms with Crippen LogP contribution in [0.15, 0.2) is 35.2 Å². The Morgan fingerprint density at radius 2 is 2.03 bits per heavy atom. The molecule has 4 aliphatic rings. The second-order valence-corrected chi connectivity index (χ2v) is 12.6. The molecule has 1 aromatic heterocycles. The molecule has 0 radical (unpaired) electrons. The lowest BCUT2D eigenvalue weighted by atomic mass is 9.44. The maximum Gasteiger partial charge on any atom is 0.359 e. The van der Waals surface area contributed by atoms with E-state index in [1.54, 1.807) is 19.2 Å². The van der Waals surface area contributed by atoms with Gasteiger partial charge in [0.25, 0.3) is 0 Å². The number of halogens is 3. The zero-order valence-electron chi connectivity index (χ0n) is 20.6. The van der Waals surface area contributed by atoms with Gasteiger partial charge >= 0.3 is 5.97 Å². The third kappa shape index (κ3) is 3.35. The monoisotopic (exact) mass is 555 g/mol. The quantitative estimate of drug-likeness (QED) is 0.534. The predicted molar refractivity (Wildman–Crippen MR) is 132 cm³/mol. The van der Waals surface area contributed by atoms with Crippen molar-refractivity contribution < 1.29 is 37.4 Å². The van der Waals surface area contributed by atoms with Crippen LogP contribution in [0.1, 0.15) is 50.5 Å². The van der Waals surface area contributed by atoms with Crippen LogP contribution < -0.4 is 0 Å². The Balaban J connectivity index is 1.64. The molecule has 0 bridgehead atoms. The van der Waals surface area contributed by atoms with Crippen LogP contribution in [-0.4, -0.2) is 55.9 Å². The van der Waals surface area contributed by atoms with Gasteiger partial charge in [0.2, 0.25) is 5.12 Å². The van der Waals surface area contributed by atoms with Gasteiger partial charge in [-0.1, -0.05) is 19.9 Å². The summed E-state index contributed by atoms with van der Waals surface area (Å²) in [5.74, 6) is -3.71. The van der Waals surface area contributed by atoms with Gasteiger partial charge in [-0.3, -0.25) is 9.59 Å². The van der Waals surface area contributed by atoms with E-state index >= 15 is 8.78 Å². The van der Waals surface area contributed by atoms with Crippen molar-refractivity contribution in [2.75, 3.05) is 6.01 Å². The fourth-order valence-corrected chi connectivity index (χ4v) is 9.18. The van der Waals surface area contributed by atoms with Crippen molar-refractivity contribution in [3.05, 3.63) is 40.9 Å². The molecule has 37 heavy (non-hydrogen) atoms. The molecule has 0 amide bonds. The van der Waals surface area contributed by atoms with E-state index in [4.69, 9.17) is 4.74 Å². The van der Waals surface area contributed by atoms with Crippen LogP contribution in [0.25, 0.3) is 0 Å². The lowest BCUT2D eigenvalue weighted by molar-refractivity contribution is -0.221. The highest BCUT2D eigenvalue weighted by Crippen LogP contribution is 2.72. The summed E-state index contributed by atoms with van der Waals surface area (Å²) >= 11 is 1.39. The summed E-state index contributed by atoms with van der Waals surface area (Å²) in [5, 5.41) is 12.3. The number of aromatic nitrogens is 1. The van der Waals surface area contributed by atoms with Gasteiger partial charge in [0.15, 0.2) is 22.7 Å². The van der Waals surface area contributed by atoms with Crippen LogP contribution in [-0.2, 0) is 14.3 Å². The molecule has 0 aliphatic heterocycles. The molecule has 1 heterocycles. The van der Waals surface area contributed by atoms with Gasteiger partial charge in [0, 0.05) is 28.0 Å². The first kappa shape index (κ1) is 26.6. The third-order valence-corrected chi connectivity index (χ3v) is 10.8. The number of hydrogen-bond donors (Lipinski definition) is 1. The van der Waals surface area contributed by atoms with E-state index in [1.807, 2.05) is 0 Å². The van der Waals surface area contributed by atoms with Crippen molar-refractivity contribution in [3.63, 3.8) is 0 Å². The maximum atomic E-state index is 17.4. The highest BCUT2D eigenvalue weighted by Gasteiger charge is 2.78. The molecule has 4 aliphatic carbocycles. The molecule has 5 rings (SSSR count). The molecule has 200 valence electrons. The first-order valence-electron chi connectivity index (χ1n) is 12.2. The number of thioether (sulfide) groups is 1. The summed E-state index contributed by atoms with van der Waals surface area (Å²) in [7, 11) is 0. The zero-order chi connectivity index (χ0) is 27.0. The number of carbonyl (C=O) groups is 3. The largest absolute Gasteiger partial charge is 0.444 e. The normalized spacial score (nSPS) is 44.5. The minimum Gasteiger partial charge on any atom is -0.444 e. The summed E-state index contributed by atoms with van der Waals surface area (Å²) < 4.78 is 56.4. The summed E-state index contributed by atoms with van der Waals surface area (Å²) in [4.78, 5) is 38.7. The molecule has 0 aromatic carbocycles. The Morgan fingerprint density at radius 3 is 2.68 bits per heavy atom. The van der Waals surface area contributed by atoms with Crippen LogP contribution in [0.2, 0.25) is 0 Å². The number of hydrogen-bond acceptors (Lipinski definition) is 8. The van der Waals surface area contributed by atoms with Crippen molar-refractivity contribution in [3.8, 4) is 0 Å². The van der Waals surface area contributed by atoms with Crippen LogP contribution in [0, 0.1) is 28.6 Å². The Hall–Kier alpha value is -1.98. The summed E-state index contributed by atoms with van der Waals surface area (Å²) in [6, 6.07) is 0.383. The molecule has 11 heteroatoms. The molecule has 3 saturated carbocycles. The van der Waals surface area contributed by atoms with Crippen LogP contribution in [0.4, 0.5) is 13.2 Å². The molecule has 0 saturated heterocycles. The van der Waals surface area contributed by atoms with Gasteiger partial charge in [-0.2, -0.15) is 4.37 Å². The third-order valence-electron chi connectivity index (χ3n) is 9.56. The summed E-state index contributed by atoms with van der Waals surface area (Å²) in [6.07, 6.45) is -0.0476. The number of ether oxygens (including phenoxy) is 1. The van der Waals surface area contributed by atoms with E-state index < -0.39 is 75.0 Å². The van der Waals surface area contributed by atoms with Crippen molar-refractivity contribution in [2.24, 2.45) is 28.6 Å². The van der Waals surface area contributed by atoms with Crippen molar-refractivity contribution in [1.29, 1.82) is 0 Å². The Labute approximate surface area is 220 Å². The van der Waals surface area contributed by atoms with Gasteiger partial charge in [-0.05, 0) is 79.2 Å². The first-order chi connectivity index (χ1) is 17.4. The molecule has 1 aromatic rings. The van der Waals surface area contributed by atoms with E-state index in [2.05, 4.69) is 4.37 Å². The lowest BCUT2D eigenvalue weighted by Crippen LogP contribution is -2.70. The second-order valence-electron chi connectivity index (χ2n) is 11.0. The zero-order valence-corrected chi connectivity index (χ0v) is 22.2. The fourth-order valence-electron chi connectivity index (χ4n) is 7.89. The van der Waals surface area contributed by atoms with E-state index in [9.17, 15) is 23.9 Å². The predicted octanol–water partition coefficient (Wildman–Crippen LogP) is 4.79. The summed E-state index contributed by atoms with van der Waals surface area (Å²) in [6.45, 7) is 4.82. The number of rotatable bonds is 4. The smallest absolute Gasteiger partial charge is 0.359 e. The average Bonchev–Trinajstić information content (AvgIpc) is 3.45. The molecular weight excluding hydrogens is 527 g/mol. The number of esters is 1. The Morgan fingerprint density at radius 1 is 1.30 bits per heavy atom. The van der Waals surface area contributed by atoms with Gasteiger partial charge in [0.1, 0.15) is 12.2 Å². The molecule has 9 atom stereocenters. The van der Waals surface area contributed by atoms with E-state index in [0.29, 0.717) is 11.8 Å². The number of allylic oxidation sites excluding steroid dienone is 4. The molecule has 6 nitrogen and oxygen atoms in total. The van der Waals surface area contributed by atoms with Gasteiger partial charge in [0.05, 0.1) is 6.10 Å². The number of aliphatic hydroxyl groups excluding tert-OH is 1. The van der Waals surface area contributed by atoms with Gasteiger partial charge in [-0.15, -0.1) is 0 Å².